The molecule has 1 aromatic heterocycles. The monoisotopic (exact) mass is 855 g/mol. The fraction of sp³-hybridized carbons (Fsp3) is 0.0154. The van der Waals surface area contributed by atoms with Gasteiger partial charge in [-0.3, -0.25) is 0 Å². The zero-order valence-electron chi connectivity index (χ0n) is 37.1. The van der Waals surface area contributed by atoms with Gasteiger partial charge in [0.2, 0.25) is 0 Å². The highest BCUT2D eigenvalue weighted by Crippen LogP contribution is 2.40. The molecule has 12 rings (SSSR count). The summed E-state index contributed by atoms with van der Waals surface area (Å²) in [6.45, 7) is 2.14. The van der Waals surface area contributed by atoms with E-state index in [0.717, 1.165) is 50.5 Å². The highest BCUT2D eigenvalue weighted by molar-refractivity contribution is 5.97. The van der Waals surface area contributed by atoms with Crippen LogP contribution in [0.2, 0.25) is 0 Å². The molecular formula is C65H45NO. The summed E-state index contributed by atoms with van der Waals surface area (Å²) in [6.07, 6.45) is 0. The van der Waals surface area contributed by atoms with Crippen LogP contribution < -0.4 is 4.90 Å². The summed E-state index contributed by atoms with van der Waals surface area (Å²) in [5.41, 5.74) is 18.3. The Hall–Kier alpha value is -8.72. The molecule has 316 valence electrons. The third kappa shape index (κ3) is 7.65. The number of hydrogen-bond acceptors (Lipinski definition) is 2. The first kappa shape index (κ1) is 39.8. The van der Waals surface area contributed by atoms with E-state index in [1.807, 2.05) is 12.1 Å². The van der Waals surface area contributed by atoms with Gasteiger partial charge in [-0.05, 0) is 139 Å². The van der Waals surface area contributed by atoms with Gasteiger partial charge in [-0.25, -0.2) is 0 Å². The topological polar surface area (TPSA) is 16.4 Å². The lowest BCUT2D eigenvalue weighted by Gasteiger charge is -2.26. The molecule has 11 aromatic carbocycles. The van der Waals surface area contributed by atoms with Crippen molar-refractivity contribution in [3.8, 4) is 67.0 Å². The van der Waals surface area contributed by atoms with E-state index in [4.69, 9.17) is 4.42 Å². The van der Waals surface area contributed by atoms with Crippen molar-refractivity contribution in [2.45, 2.75) is 6.92 Å². The maximum absolute atomic E-state index is 6.32. The number of para-hydroxylation sites is 1. The van der Waals surface area contributed by atoms with Crippen LogP contribution in [0.4, 0.5) is 17.1 Å². The number of rotatable bonds is 9. The maximum Gasteiger partial charge on any atom is 0.138 e. The second-order valence-electron chi connectivity index (χ2n) is 17.4. The van der Waals surface area contributed by atoms with Gasteiger partial charge in [-0.2, -0.15) is 0 Å². The molecule has 0 spiro atoms. The van der Waals surface area contributed by atoms with Crippen molar-refractivity contribution >= 4 is 49.6 Å². The molecule has 12 aromatic rings. The predicted molar refractivity (Wildman–Crippen MR) is 283 cm³/mol. The van der Waals surface area contributed by atoms with Crippen LogP contribution in [0.5, 0.6) is 0 Å². The molecule has 0 amide bonds. The van der Waals surface area contributed by atoms with E-state index in [1.54, 1.807) is 0 Å². The third-order valence-corrected chi connectivity index (χ3v) is 13.3. The zero-order valence-corrected chi connectivity index (χ0v) is 37.1. The van der Waals surface area contributed by atoms with Crippen molar-refractivity contribution < 1.29 is 4.42 Å². The predicted octanol–water partition coefficient (Wildman–Crippen LogP) is 18.5. The Morgan fingerprint density at radius 3 is 1.30 bits per heavy atom. The molecule has 0 aliphatic rings. The first-order valence-corrected chi connectivity index (χ1v) is 23.0. The largest absolute Gasteiger partial charge is 0.456 e. The summed E-state index contributed by atoms with van der Waals surface area (Å²) in [4.78, 5) is 2.35. The molecule has 0 aliphatic carbocycles. The fourth-order valence-electron chi connectivity index (χ4n) is 9.69. The van der Waals surface area contributed by atoms with Crippen molar-refractivity contribution in [3.63, 3.8) is 0 Å². The highest BCUT2D eigenvalue weighted by Gasteiger charge is 2.16. The summed E-state index contributed by atoms with van der Waals surface area (Å²) in [7, 11) is 0. The van der Waals surface area contributed by atoms with Crippen molar-refractivity contribution in [2.75, 3.05) is 4.90 Å². The summed E-state index contributed by atoms with van der Waals surface area (Å²) < 4.78 is 6.32. The summed E-state index contributed by atoms with van der Waals surface area (Å²) in [5.74, 6) is 0.924. The molecule has 0 N–H and O–H groups in total. The van der Waals surface area contributed by atoms with Crippen LogP contribution in [0.3, 0.4) is 0 Å². The van der Waals surface area contributed by atoms with Gasteiger partial charge in [0.25, 0.3) is 0 Å². The lowest BCUT2D eigenvalue weighted by molar-refractivity contribution is 0.629. The van der Waals surface area contributed by atoms with Gasteiger partial charge in [0, 0.05) is 33.6 Å². The lowest BCUT2D eigenvalue weighted by Crippen LogP contribution is -2.09. The standard InChI is InChI=1S/C65H45NO/c1-44-61-16-6-7-19-64(61)67-65(44)57-15-8-14-55(43-57)50-22-20-46(21-23-50)48-30-36-58(37-31-48)66(60-40-34-51(35-41-60)56-29-26-45-10-2-3-12-54(45)42-56)59-38-32-49(33-39-59)47-24-27-53(28-25-47)63-18-9-13-52-11-4-5-17-62(52)63/h2-43H,1H3. The Labute approximate surface area is 391 Å². The quantitative estimate of drug-likeness (QED) is 0.144. The van der Waals surface area contributed by atoms with Crippen LogP contribution in [-0.4, -0.2) is 0 Å². The van der Waals surface area contributed by atoms with Gasteiger partial charge in [0.1, 0.15) is 11.3 Å². The first-order chi connectivity index (χ1) is 33.1. The summed E-state index contributed by atoms with van der Waals surface area (Å²) in [5, 5.41) is 6.17. The van der Waals surface area contributed by atoms with E-state index in [9.17, 15) is 0 Å². The van der Waals surface area contributed by atoms with Crippen LogP contribution in [0, 0.1) is 6.92 Å². The van der Waals surface area contributed by atoms with Crippen LogP contribution in [-0.2, 0) is 0 Å². The number of aryl methyl sites for hydroxylation is 1. The molecule has 0 saturated carbocycles. The number of hydrogen-bond donors (Lipinski definition) is 0. The minimum Gasteiger partial charge on any atom is -0.456 e. The summed E-state index contributed by atoms with van der Waals surface area (Å²) in [6, 6.07) is 92.0. The number of nitrogens with zero attached hydrogens (tertiary/aromatic N) is 1. The number of anilines is 3. The SMILES string of the molecule is Cc1c(-c2cccc(-c3ccc(-c4ccc(N(c5ccc(-c6ccc(-c7cccc8ccccc78)cc6)cc5)c5ccc(-c6ccc7ccccc7c6)cc5)cc4)cc3)c2)oc2ccccc12. The van der Waals surface area contributed by atoms with Crippen molar-refractivity contribution in [3.05, 3.63) is 260 Å². The van der Waals surface area contributed by atoms with Gasteiger partial charge < -0.3 is 9.32 Å². The third-order valence-electron chi connectivity index (χ3n) is 13.3. The van der Waals surface area contributed by atoms with Gasteiger partial charge in [0.05, 0.1) is 0 Å². The number of fused-ring (bicyclic) bond motifs is 3. The first-order valence-electron chi connectivity index (χ1n) is 23.0. The van der Waals surface area contributed by atoms with E-state index in [2.05, 4.69) is 254 Å². The maximum atomic E-state index is 6.32. The van der Waals surface area contributed by atoms with Gasteiger partial charge in [-0.1, -0.05) is 200 Å². The highest BCUT2D eigenvalue weighted by atomic mass is 16.3. The molecule has 0 saturated heterocycles. The lowest BCUT2D eigenvalue weighted by atomic mass is 9.96. The minimum atomic E-state index is 0.918. The molecular weight excluding hydrogens is 811 g/mol. The molecule has 0 atom stereocenters. The van der Waals surface area contributed by atoms with Crippen LogP contribution in [0.1, 0.15) is 5.56 Å². The fourth-order valence-corrected chi connectivity index (χ4v) is 9.69. The average Bonchev–Trinajstić information content (AvgIpc) is 3.75. The van der Waals surface area contributed by atoms with E-state index < -0.39 is 0 Å². The Balaban J connectivity index is 0.839. The smallest absolute Gasteiger partial charge is 0.138 e. The number of furan rings is 1. The second kappa shape index (κ2) is 17.0. The van der Waals surface area contributed by atoms with Crippen molar-refractivity contribution in [1.82, 2.24) is 0 Å². The van der Waals surface area contributed by atoms with E-state index in [-0.39, 0.29) is 0 Å². The molecule has 0 unspecified atom stereocenters. The van der Waals surface area contributed by atoms with Gasteiger partial charge in [-0.15, -0.1) is 0 Å². The Bertz CT molecular complexity index is 3710. The molecule has 0 bridgehead atoms. The normalized spacial score (nSPS) is 11.4. The molecule has 0 aliphatic heterocycles. The summed E-state index contributed by atoms with van der Waals surface area (Å²) >= 11 is 0. The molecule has 0 radical (unpaired) electrons. The van der Waals surface area contributed by atoms with Crippen LogP contribution >= 0.6 is 0 Å². The Morgan fingerprint density at radius 1 is 0.284 bits per heavy atom. The van der Waals surface area contributed by atoms with Crippen LogP contribution in [0.25, 0.3) is 99.5 Å². The number of benzene rings is 11. The zero-order chi connectivity index (χ0) is 44.7. The minimum absolute atomic E-state index is 0.918. The van der Waals surface area contributed by atoms with Gasteiger partial charge in [0.15, 0.2) is 0 Å². The van der Waals surface area contributed by atoms with Crippen molar-refractivity contribution in [1.29, 1.82) is 0 Å². The van der Waals surface area contributed by atoms with Gasteiger partial charge >= 0.3 is 0 Å². The molecule has 0 fully saturated rings. The Kier molecular flexibility index (Phi) is 10.1. The average molecular weight is 856 g/mol. The van der Waals surface area contributed by atoms with E-state index in [0.29, 0.717) is 0 Å². The van der Waals surface area contributed by atoms with Crippen LogP contribution in [0.15, 0.2) is 259 Å². The molecule has 2 heteroatoms. The van der Waals surface area contributed by atoms with E-state index in [1.165, 1.54) is 71.6 Å². The van der Waals surface area contributed by atoms with Crippen molar-refractivity contribution in [2.24, 2.45) is 0 Å². The molecule has 67 heavy (non-hydrogen) atoms. The molecule has 1 heterocycles. The second-order valence-corrected chi connectivity index (χ2v) is 17.4. The molecule has 2 nitrogen and oxygen atoms in total. The van der Waals surface area contributed by atoms with E-state index >= 15 is 0 Å². The Morgan fingerprint density at radius 2 is 0.701 bits per heavy atom.